The number of rotatable bonds is 8. The first-order valence-electron chi connectivity index (χ1n) is 11.9. The molecular weight excluding hydrogens is 418 g/mol. The van der Waals surface area contributed by atoms with Gasteiger partial charge < -0.3 is 15.0 Å². The van der Waals surface area contributed by atoms with Gasteiger partial charge in [-0.3, -0.25) is 4.79 Å². The van der Waals surface area contributed by atoms with E-state index in [1.807, 2.05) is 12.1 Å². The smallest absolute Gasteiger partial charge is 0.251 e. The highest BCUT2D eigenvalue weighted by Gasteiger charge is 2.27. The van der Waals surface area contributed by atoms with Crippen molar-refractivity contribution >= 4 is 28.3 Å². The second kappa shape index (κ2) is 10.2. The molecule has 6 heteroatoms. The van der Waals surface area contributed by atoms with Gasteiger partial charge in [0.2, 0.25) is 0 Å². The van der Waals surface area contributed by atoms with Crippen molar-refractivity contribution in [1.29, 1.82) is 0 Å². The number of fused-ring (bicyclic) bond motifs is 1. The molecule has 0 saturated heterocycles. The molecule has 3 unspecified atom stereocenters. The standard InChI is InChI=1S/C26H35N3O2S/c1-17(2)13-20(16-30)27-26(31)19-10-11-24-22(14-19)28-25(15-21-8-6-12-32-21)29(24)23-9-5-4-7-18(23)3/h6,8,10-12,14,17-18,20,23,30H,4-5,7,9,13,15-16H2,1-3H3,(H,27,31). The molecule has 1 aliphatic rings. The number of thiophene rings is 1. The number of imidazole rings is 1. The molecule has 3 atom stereocenters. The van der Waals surface area contributed by atoms with Crippen LogP contribution in [0.1, 0.15) is 80.0 Å². The minimum absolute atomic E-state index is 0.0503. The highest BCUT2D eigenvalue weighted by molar-refractivity contribution is 7.09. The minimum Gasteiger partial charge on any atom is -0.394 e. The molecule has 2 aromatic heterocycles. The van der Waals surface area contributed by atoms with E-state index in [4.69, 9.17) is 4.98 Å². The molecule has 1 aliphatic carbocycles. The van der Waals surface area contributed by atoms with Gasteiger partial charge in [0, 0.05) is 22.9 Å². The Bertz CT molecular complexity index is 1040. The topological polar surface area (TPSA) is 67.2 Å². The maximum atomic E-state index is 12.9. The first kappa shape index (κ1) is 23.0. The second-order valence-corrected chi connectivity index (χ2v) is 10.7. The van der Waals surface area contributed by atoms with E-state index < -0.39 is 0 Å². The molecule has 0 spiro atoms. The van der Waals surface area contributed by atoms with Gasteiger partial charge in [-0.15, -0.1) is 11.3 Å². The highest BCUT2D eigenvalue weighted by atomic mass is 32.1. The summed E-state index contributed by atoms with van der Waals surface area (Å²) < 4.78 is 2.45. The molecule has 172 valence electrons. The van der Waals surface area contributed by atoms with Crippen LogP contribution in [0.25, 0.3) is 11.0 Å². The van der Waals surface area contributed by atoms with E-state index in [-0.39, 0.29) is 18.6 Å². The molecule has 1 fully saturated rings. The lowest BCUT2D eigenvalue weighted by molar-refractivity contribution is 0.0908. The third-order valence-corrected chi connectivity index (χ3v) is 7.52. The van der Waals surface area contributed by atoms with Crippen LogP contribution >= 0.6 is 11.3 Å². The number of aliphatic hydroxyl groups excluding tert-OH is 1. The molecule has 4 rings (SSSR count). The van der Waals surface area contributed by atoms with E-state index in [1.165, 1.54) is 30.6 Å². The minimum atomic E-state index is -0.228. The summed E-state index contributed by atoms with van der Waals surface area (Å²) in [5.41, 5.74) is 2.60. The Morgan fingerprint density at radius 2 is 2.09 bits per heavy atom. The Morgan fingerprint density at radius 1 is 1.28 bits per heavy atom. The van der Waals surface area contributed by atoms with E-state index in [9.17, 15) is 9.90 Å². The number of nitrogens with one attached hydrogen (secondary N) is 1. The number of aromatic nitrogens is 2. The van der Waals surface area contributed by atoms with Gasteiger partial charge in [-0.05, 0) is 60.7 Å². The van der Waals surface area contributed by atoms with Gasteiger partial charge in [0.1, 0.15) is 5.82 Å². The fourth-order valence-corrected chi connectivity index (χ4v) is 5.75. The zero-order valence-corrected chi connectivity index (χ0v) is 20.2. The Hall–Kier alpha value is -2.18. The van der Waals surface area contributed by atoms with Gasteiger partial charge in [0.05, 0.1) is 23.7 Å². The first-order valence-corrected chi connectivity index (χ1v) is 12.8. The molecule has 1 amide bonds. The zero-order chi connectivity index (χ0) is 22.7. The third-order valence-electron chi connectivity index (χ3n) is 6.65. The summed E-state index contributed by atoms with van der Waals surface area (Å²) in [5.74, 6) is 1.97. The predicted octanol–water partition coefficient (Wildman–Crippen LogP) is 5.58. The summed E-state index contributed by atoms with van der Waals surface area (Å²) in [7, 11) is 0. The summed E-state index contributed by atoms with van der Waals surface area (Å²) in [6.45, 7) is 6.49. The molecule has 0 radical (unpaired) electrons. The average Bonchev–Trinajstić information content (AvgIpc) is 3.40. The Labute approximate surface area is 194 Å². The van der Waals surface area contributed by atoms with E-state index in [2.05, 4.69) is 54.2 Å². The second-order valence-electron chi connectivity index (χ2n) is 9.67. The van der Waals surface area contributed by atoms with Gasteiger partial charge in [-0.2, -0.15) is 0 Å². The van der Waals surface area contributed by atoms with Crippen LogP contribution in [-0.4, -0.2) is 33.2 Å². The van der Waals surface area contributed by atoms with Gasteiger partial charge in [0.15, 0.2) is 0 Å². The Morgan fingerprint density at radius 3 is 2.78 bits per heavy atom. The molecule has 1 aromatic carbocycles. The zero-order valence-electron chi connectivity index (χ0n) is 19.4. The summed E-state index contributed by atoms with van der Waals surface area (Å²) in [5, 5.41) is 14.7. The maximum Gasteiger partial charge on any atom is 0.251 e. The van der Waals surface area contributed by atoms with E-state index in [0.29, 0.717) is 23.4 Å². The van der Waals surface area contributed by atoms with Crippen LogP contribution in [0.3, 0.4) is 0 Å². The molecule has 2 heterocycles. The van der Waals surface area contributed by atoms with Crippen molar-refractivity contribution in [2.75, 3.05) is 6.61 Å². The van der Waals surface area contributed by atoms with Crippen molar-refractivity contribution in [2.45, 2.75) is 71.4 Å². The lowest BCUT2D eigenvalue weighted by Crippen LogP contribution is -2.38. The Kier molecular flexibility index (Phi) is 7.31. The number of carbonyl (C=O) groups excluding carboxylic acids is 1. The lowest BCUT2D eigenvalue weighted by atomic mass is 9.85. The van der Waals surface area contributed by atoms with Gasteiger partial charge in [0.25, 0.3) is 5.91 Å². The Balaban J connectivity index is 1.67. The van der Waals surface area contributed by atoms with Crippen molar-refractivity contribution in [3.63, 3.8) is 0 Å². The average molecular weight is 454 g/mol. The van der Waals surface area contributed by atoms with E-state index >= 15 is 0 Å². The highest BCUT2D eigenvalue weighted by Crippen LogP contribution is 2.37. The SMILES string of the molecule is CC(C)CC(CO)NC(=O)c1ccc2c(c1)nc(Cc1cccs1)n2C1CCCCC1C. The number of benzene rings is 1. The molecule has 0 aliphatic heterocycles. The van der Waals surface area contributed by atoms with Crippen molar-refractivity contribution < 1.29 is 9.90 Å². The van der Waals surface area contributed by atoms with Gasteiger partial charge in [-0.1, -0.05) is 39.7 Å². The number of carbonyl (C=O) groups is 1. The van der Waals surface area contributed by atoms with Crippen LogP contribution in [0.5, 0.6) is 0 Å². The van der Waals surface area contributed by atoms with E-state index in [0.717, 1.165) is 29.7 Å². The predicted molar refractivity (Wildman–Crippen MR) is 131 cm³/mol. The molecule has 0 bridgehead atoms. The number of hydrogen-bond donors (Lipinski definition) is 2. The number of nitrogens with zero attached hydrogens (tertiary/aromatic N) is 2. The monoisotopic (exact) mass is 453 g/mol. The largest absolute Gasteiger partial charge is 0.394 e. The summed E-state index contributed by atoms with van der Waals surface area (Å²) in [4.78, 5) is 19.2. The number of hydrogen-bond acceptors (Lipinski definition) is 4. The molecule has 5 nitrogen and oxygen atoms in total. The van der Waals surface area contributed by atoms with Crippen molar-refractivity contribution in [3.05, 3.63) is 52.0 Å². The van der Waals surface area contributed by atoms with Crippen molar-refractivity contribution in [3.8, 4) is 0 Å². The number of aliphatic hydroxyl groups is 1. The van der Waals surface area contributed by atoms with Crippen LogP contribution < -0.4 is 5.32 Å². The lowest BCUT2D eigenvalue weighted by Gasteiger charge is -2.31. The van der Waals surface area contributed by atoms with Crippen LogP contribution in [0.15, 0.2) is 35.7 Å². The summed E-state index contributed by atoms with van der Waals surface area (Å²) >= 11 is 1.76. The normalized spacial score (nSPS) is 20.0. The molecule has 2 N–H and O–H groups in total. The molecule has 32 heavy (non-hydrogen) atoms. The van der Waals surface area contributed by atoms with Gasteiger partial charge in [-0.25, -0.2) is 4.98 Å². The van der Waals surface area contributed by atoms with Crippen LogP contribution in [-0.2, 0) is 6.42 Å². The fraction of sp³-hybridized carbons (Fsp3) is 0.538. The fourth-order valence-electron chi connectivity index (χ4n) is 5.05. The number of amides is 1. The van der Waals surface area contributed by atoms with Crippen molar-refractivity contribution in [2.24, 2.45) is 11.8 Å². The first-order chi connectivity index (χ1) is 15.5. The van der Waals surface area contributed by atoms with Crippen LogP contribution in [0, 0.1) is 11.8 Å². The van der Waals surface area contributed by atoms with Gasteiger partial charge >= 0.3 is 0 Å². The molecule has 1 saturated carbocycles. The summed E-state index contributed by atoms with van der Waals surface area (Å²) in [6.07, 6.45) is 6.56. The van der Waals surface area contributed by atoms with Crippen molar-refractivity contribution in [1.82, 2.24) is 14.9 Å². The summed E-state index contributed by atoms with van der Waals surface area (Å²) in [6, 6.07) is 10.4. The quantitative estimate of drug-likeness (QED) is 0.468. The van der Waals surface area contributed by atoms with E-state index in [1.54, 1.807) is 11.3 Å². The van der Waals surface area contributed by atoms with Crippen LogP contribution in [0.4, 0.5) is 0 Å². The third kappa shape index (κ3) is 5.07. The maximum absolute atomic E-state index is 12.9. The molecular formula is C26H35N3O2S. The van der Waals surface area contributed by atoms with Crippen LogP contribution in [0.2, 0.25) is 0 Å². The molecule has 3 aromatic rings.